The highest BCUT2D eigenvalue weighted by Crippen LogP contribution is 2.24. The van der Waals surface area contributed by atoms with Gasteiger partial charge in [-0.05, 0) is 70.7 Å². The molecule has 0 spiro atoms. The Hall–Kier alpha value is -3.16. The molecule has 1 aliphatic heterocycles. The Kier molecular flexibility index (Phi) is 6.77. The van der Waals surface area contributed by atoms with Crippen LogP contribution in [0.1, 0.15) is 64.4 Å². The molecule has 0 atom stereocenters. The van der Waals surface area contributed by atoms with Gasteiger partial charge in [0.1, 0.15) is 11.5 Å². The third kappa shape index (κ3) is 5.13. The topological polar surface area (TPSA) is 104 Å². The average molecular weight is 427 g/mol. The number of amides is 2. The van der Waals surface area contributed by atoms with Crippen molar-refractivity contribution in [3.8, 4) is 0 Å². The van der Waals surface area contributed by atoms with E-state index >= 15 is 0 Å². The minimum Gasteiger partial charge on any atom is -0.459 e. The third-order valence-electron chi connectivity index (χ3n) is 5.52. The Morgan fingerprint density at radius 3 is 2.48 bits per heavy atom. The van der Waals surface area contributed by atoms with Gasteiger partial charge in [-0.1, -0.05) is 0 Å². The van der Waals surface area contributed by atoms with Gasteiger partial charge in [-0.25, -0.2) is 9.78 Å². The molecule has 0 unspecified atom stereocenters. The second-order valence-electron chi connectivity index (χ2n) is 8.35. The molecule has 31 heavy (non-hydrogen) atoms. The largest absolute Gasteiger partial charge is 0.459 e. The van der Waals surface area contributed by atoms with Crippen molar-refractivity contribution in [1.29, 1.82) is 0 Å². The number of pyridine rings is 1. The van der Waals surface area contributed by atoms with Crippen LogP contribution in [0.3, 0.4) is 0 Å². The van der Waals surface area contributed by atoms with E-state index in [2.05, 4.69) is 15.3 Å². The van der Waals surface area contributed by atoms with Crippen molar-refractivity contribution in [2.75, 3.05) is 18.4 Å². The number of carbonyl (C=O) groups is 3. The standard InChI is InChI=1S/C23H30N4O4/c1-13(2)31-23(30)19-15(4)20(25-16(19)5)22(29)27-10-7-17(8-11-27)21(28)26-18-12-14(3)6-9-24-18/h6,9,12-13,17,25H,7-8,10-11H2,1-5H3,(H,24,26,28). The number of hydrogen-bond donors (Lipinski definition) is 2. The van der Waals surface area contributed by atoms with Crippen LogP contribution in [0.2, 0.25) is 0 Å². The van der Waals surface area contributed by atoms with E-state index in [4.69, 9.17) is 4.74 Å². The van der Waals surface area contributed by atoms with Crippen molar-refractivity contribution in [1.82, 2.24) is 14.9 Å². The van der Waals surface area contributed by atoms with Gasteiger partial charge < -0.3 is 19.9 Å². The third-order valence-corrected chi connectivity index (χ3v) is 5.52. The van der Waals surface area contributed by atoms with E-state index in [0.29, 0.717) is 54.3 Å². The summed E-state index contributed by atoms with van der Waals surface area (Å²) < 4.78 is 5.30. The molecule has 0 aliphatic carbocycles. The SMILES string of the molecule is Cc1ccnc(NC(=O)C2CCN(C(=O)c3[nH]c(C)c(C(=O)OC(C)C)c3C)CC2)c1. The van der Waals surface area contributed by atoms with E-state index in [9.17, 15) is 14.4 Å². The van der Waals surface area contributed by atoms with Crippen LogP contribution >= 0.6 is 0 Å². The van der Waals surface area contributed by atoms with Gasteiger partial charge in [0.2, 0.25) is 5.91 Å². The fraction of sp³-hybridized carbons (Fsp3) is 0.478. The van der Waals surface area contributed by atoms with Crippen LogP contribution in [-0.4, -0.2) is 51.8 Å². The Balaban J connectivity index is 1.63. The van der Waals surface area contributed by atoms with Crippen molar-refractivity contribution in [3.05, 3.63) is 46.4 Å². The molecule has 2 aromatic heterocycles. The highest BCUT2D eigenvalue weighted by Gasteiger charge is 2.31. The summed E-state index contributed by atoms with van der Waals surface area (Å²) in [7, 11) is 0. The molecule has 3 heterocycles. The summed E-state index contributed by atoms with van der Waals surface area (Å²) in [5.41, 5.74) is 3.06. The minimum atomic E-state index is -0.430. The van der Waals surface area contributed by atoms with Crippen LogP contribution < -0.4 is 5.32 Å². The first-order chi connectivity index (χ1) is 14.7. The highest BCUT2D eigenvalue weighted by molar-refractivity contribution is 6.00. The van der Waals surface area contributed by atoms with E-state index in [0.717, 1.165) is 5.56 Å². The maximum Gasteiger partial charge on any atom is 0.340 e. The molecule has 1 fully saturated rings. The molecule has 0 saturated carbocycles. The van der Waals surface area contributed by atoms with Crippen LogP contribution in [0, 0.1) is 26.7 Å². The molecule has 0 bridgehead atoms. The summed E-state index contributed by atoms with van der Waals surface area (Å²) in [5, 5.41) is 2.87. The van der Waals surface area contributed by atoms with Gasteiger partial charge in [-0.3, -0.25) is 9.59 Å². The molecule has 166 valence electrons. The molecule has 0 aromatic carbocycles. The number of aryl methyl sites for hydroxylation is 2. The zero-order chi connectivity index (χ0) is 22.7. The molecular formula is C23H30N4O4. The predicted octanol–water partition coefficient (Wildman–Crippen LogP) is 3.39. The number of carbonyl (C=O) groups excluding carboxylic acids is 3. The summed E-state index contributed by atoms with van der Waals surface area (Å²) in [6, 6.07) is 3.70. The van der Waals surface area contributed by atoms with Crippen molar-refractivity contribution in [2.45, 2.75) is 53.6 Å². The number of anilines is 1. The van der Waals surface area contributed by atoms with Crippen LogP contribution in [0.5, 0.6) is 0 Å². The van der Waals surface area contributed by atoms with E-state index < -0.39 is 5.97 Å². The molecule has 1 saturated heterocycles. The second kappa shape index (κ2) is 9.32. The zero-order valence-electron chi connectivity index (χ0n) is 18.7. The Labute approximate surface area is 182 Å². The number of esters is 1. The quantitative estimate of drug-likeness (QED) is 0.713. The molecule has 3 rings (SSSR count). The molecule has 2 aromatic rings. The van der Waals surface area contributed by atoms with E-state index in [-0.39, 0.29) is 23.8 Å². The lowest BCUT2D eigenvalue weighted by molar-refractivity contribution is -0.121. The van der Waals surface area contributed by atoms with Gasteiger partial charge in [-0.15, -0.1) is 0 Å². The average Bonchev–Trinajstić information content (AvgIpc) is 3.01. The fourth-order valence-electron chi connectivity index (χ4n) is 3.88. The summed E-state index contributed by atoms with van der Waals surface area (Å²) in [4.78, 5) is 47.0. The summed E-state index contributed by atoms with van der Waals surface area (Å²) in [6.45, 7) is 9.98. The maximum atomic E-state index is 13.1. The Morgan fingerprint density at radius 1 is 1.19 bits per heavy atom. The lowest BCUT2D eigenvalue weighted by atomic mass is 9.95. The molecule has 1 aliphatic rings. The normalized spacial score (nSPS) is 14.6. The van der Waals surface area contributed by atoms with Crippen molar-refractivity contribution in [2.24, 2.45) is 5.92 Å². The highest BCUT2D eigenvalue weighted by atomic mass is 16.5. The monoisotopic (exact) mass is 426 g/mol. The smallest absolute Gasteiger partial charge is 0.340 e. The summed E-state index contributed by atoms with van der Waals surface area (Å²) >= 11 is 0. The molecule has 8 nitrogen and oxygen atoms in total. The van der Waals surface area contributed by atoms with Gasteiger partial charge >= 0.3 is 5.97 Å². The zero-order valence-corrected chi connectivity index (χ0v) is 18.7. The second-order valence-corrected chi connectivity index (χ2v) is 8.35. The number of ether oxygens (including phenoxy) is 1. The number of likely N-dealkylation sites (tertiary alicyclic amines) is 1. The lowest BCUT2D eigenvalue weighted by Gasteiger charge is -2.31. The Morgan fingerprint density at radius 2 is 1.87 bits per heavy atom. The van der Waals surface area contributed by atoms with Crippen LogP contribution in [0.25, 0.3) is 0 Å². The molecule has 8 heteroatoms. The first-order valence-electron chi connectivity index (χ1n) is 10.6. The number of H-pyrrole nitrogens is 1. The van der Waals surface area contributed by atoms with Gasteiger partial charge in [0.15, 0.2) is 0 Å². The predicted molar refractivity (Wildman–Crippen MR) is 117 cm³/mol. The van der Waals surface area contributed by atoms with Crippen LogP contribution in [0.4, 0.5) is 5.82 Å². The van der Waals surface area contributed by atoms with Gasteiger partial charge in [0.25, 0.3) is 5.91 Å². The number of aromatic nitrogens is 2. The first-order valence-corrected chi connectivity index (χ1v) is 10.6. The van der Waals surface area contributed by atoms with Gasteiger partial charge in [-0.2, -0.15) is 0 Å². The first kappa shape index (κ1) is 22.5. The Bertz CT molecular complexity index is 987. The number of hydrogen-bond acceptors (Lipinski definition) is 5. The molecule has 2 amide bonds. The molecule has 2 N–H and O–H groups in total. The van der Waals surface area contributed by atoms with Crippen molar-refractivity contribution >= 4 is 23.6 Å². The van der Waals surface area contributed by atoms with Crippen LogP contribution in [0.15, 0.2) is 18.3 Å². The van der Waals surface area contributed by atoms with Gasteiger partial charge in [0, 0.05) is 30.9 Å². The maximum absolute atomic E-state index is 13.1. The molecule has 0 radical (unpaired) electrons. The van der Waals surface area contributed by atoms with E-state index in [1.807, 2.05) is 19.1 Å². The molecular weight excluding hydrogens is 396 g/mol. The summed E-state index contributed by atoms with van der Waals surface area (Å²) in [6.07, 6.45) is 2.58. The number of nitrogens with one attached hydrogen (secondary N) is 2. The fourth-order valence-corrected chi connectivity index (χ4v) is 3.88. The van der Waals surface area contributed by atoms with Crippen molar-refractivity contribution in [3.63, 3.8) is 0 Å². The van der Waals surface area contributed by atoms with E-state index in [1.54, 1.807) is 38.8 Å². The minimum absolute atomic E-state index is 0.0733. The number of rotatable bonds is 5. The van der Waals surface area contributed by atoms with Gasteiger partial charge in [0.05, 0.1) is 11.7 Å². The number of piperidine rings is 1. The number of nitrogens with zero attached hydrogens (tertiary/aromatic N) is 2. The number of aromatic amines is 1. The van der Waals surface area contributed by atoms with Crippen molar-refractivity contribution < 1.29 is 19.1 Å². The lowest BCUT2D eigenvalue weighted by Crippen LogP contribution is -2.41. The van der Waals surface area contributed by atoms with E-state index in [1.165, 1.54) is 0 Å². The van der Waals surface area contributed by atoms with Crippen LogP contribution in [-0.2, 0) is 9.53 Å². The summed E-state index contributed by atoms with van der Waals surface area (Å²) in [5.74, 6) is -0.295.